The second kappa shape index (κ2) is 7.65. The van der Waals surface area contributed by atoms with E-state index >= 15 is 0 Å². The average Bonchev–Trinajstić information content (AvgIpc) is 3.26. The number of alkyl carbamates (subject to hydrolysis) is 1. The minimum Gasteiger partial charge on any atom is -0.444 e. The zero-order valence-electron chi connectivity index (χ0n) is 19.8. The number of hydrogen-bond acceptors (Lipinski definition) is 4. The van der Waals surface area contributed by atoms with E-state index in [4.69, 9.17) is 9.72 Å². The van der Waals surface area contributed by atoms with Gasteiger partial charge in [-0.3, -0.25) is 4.68 Å². The Bertz CT molecular complexity index is 1290. The third-order valence-corrected chi connectivity index (χ3v) is 5.66. The monoisotopic (exact) mass is 433 g/mol. The van der Waals surface area contributed by atoms with Crippen LogP contribution in [-0.2, 0) is 23.7 Å². The molecule has 0 unspecified atom stereocenters. The maximum absolute atomic E-state index is 12.3. The van der Waals surface area contributed by atoms with Crippen LogP contribution in [0, 0.1) is 0 Å². The van der Waals surface area contributed by atoms with Gasteiger partial charge in [0.1, 0.15) is 5.60 Å². The average molecular weight is 434 g/mol. The Morgan fingerprint density at radius 3 is 2.47 bits per heavy atom. The maximum Gasteiger partial charge on any atom is 0.408 e. The lowest BCUT2D eigenvalue weighted by Crippen LogP contribution is -2.43. The normalized spacial score (nSPS) is 12.5. The van der Waals surface area contributed by atoms with Crippen molar-refractivity contribution in [3.63, 3.8) is 0 Å². The topological polar surface area (TPSA) is 84.8 Å². The van der Waals surface area contributed by atoms with Gasteiger partial charge in [-0.2, -0.15) is 0 Å². The number of rotatable bonds is 4. The van der Waals surface area contributed by atoms with Gasteiger partial charge in [0, 0.05) is 30.4 Å². The highest BCUT2D eigenvalue weighted by Crippen LogP contribution is 2.35. The molecule has 2 N–H and O–H groups in total. The molecule has 7 nitrogen and oxygen atoms in total. The molecule has 0 spiro atoms. The van der Waals surface area contributed by atoms with Gasteiger partial charge in [0.05, 0.1) is 22.1 Å². The summed E-state index contributed by atoms with van der Waals surface area (Å²) in [6, 6.07) is 8.18. The molecule has 0 atom stereocenters. The van der Waals surface area contributed by atoms with E-state index in [1.54, 1.807) is 0 Å². The molecule has 0 aliphatic rings. The molecule has 32 heavy (non-hydrogen) atoms. The number of benzene rings is 1. The van der Waals surface area contributed by atoms with Crippen LogP contribution in [0.25, 0.3) is 33.2 Å². The van der Waals surface area contributed by atoms with Crippen LogP contribution in [-0.4, -0.2) is 31.4 Å². The third kappa shape index (κ3) is 3.95. The lowest BCUT2D eigenvalue weighted by molar-refractivity contribution is 0.0470. The van der Waals surface area contributed by atoms with E-state index in [-0.39, 0.29) is 0 Å². The number of ether oxygens (including phenoxy) is 1. The number of amides is 1. The number of aryl methyl sites for hydroxylation is 2. The summed E-state index contributed by atoms with van der Waals surface area (Å²) in [5, 5.41) is 8.36. The molecule has 0 saturated heterocycles. The third-order valence-electron chi connectivity index (χ3n) is 5.66. The van der Waals surface area contributed by atoms with Crippen LogP contribution in [0.2, 0.25) is 0 Å². The molecule has 3 heterocycles. The van der Waals surface area contributed by atoms with E-state index in [2.05, 4.69) is 34.5 Å². The van der Waals surface area contributed by atoms with Gasteiger partial charge in [-0.25, -0.2) is 14.8 Å². The Hall–Kier alpha value is -3.35. The van der Waals surface area contributed by atoms with Gasteiger partial charge in [-0.15, -0.1) is 0 Å². The minimum absolute atomic E-state index is 0.432. The van der Waals surface area contributed by atoms with Crippen molar-refractivity contribution in [2.45, 2.75) is 59.1 Å². The summed E-state index contributed by atoms with van der Waals surface area (Å²) in [6.07, 6.45) is 4.24. The molecule has 0 fully saturated rings. The lowest BCUT2D eigenvalue weighted by Gasteiger charge is -2.29. The van der Waals surface area contributed by atoms with E-state index in [9.17, 15) is 4.79 Å². The van der Waals surface area contributed by atoms with Gasteiger partial charge in [0.15, 0.2) is 5.65 Å². The lowest BCUT2D eigenvalue weighted by atomic mass is 9.92. The molecule has 0 aliphatic heterocycles. The first-order chi connectivity index (χ1) is 15.0. The predicted octanol–water partition coefficient (Wildman–Crippen LogP) is 5.44. The number of pyridine rings is 1. The fraction of sp³-hybridized carbons (Fsp3) is 0.400. The van der Waals surface area contributed by atoms with Crippen molar-refractivity contribution >= 4 is 28.0 Å². The molecule has 0 bridgehead atoms. The highest BCUT2D eigenvalue weighted by atomic mass is 16.6. The van der Waals surface area contributed by atoms with Crippen molar-refractivity contribution in [2.24, 2.45) is 7.05 Å². The second-order valence-electron chi connectivity index (χ2n) is 9.71. The smallest absolute Gasteiger partial charge is 0.408 e. The van der Waals surface area contributed by atoms with Crippen molar-refractivity contribution in [1.29, 1.82) is 0 Å². The summed E-state index contributed by atoms with van der Waals surface area (Å²) in [4.78, 5) is 21.7. The molecule has 1 aromatic carbocycles. The minimum atomic E-state index is -0.578. The number of nitrogens with zero attached hydrogens (tertiary/aromatic N) is 3. The molecular weight excluding hydrogens is 402 g/mol. The summed E-state index contributed by atoms with van der Waals surface area (Å²) < 4.78 is 7.43. The highest BCUT2D eigenvalue weighted by Gasteiger charge is 2.26. The van der Waals surface area contributed by atoms with Crippen molar-refractivity contribution in [3.8, 4) is 11.3 Å². The highest BCUT2D eigenvalue weighted by molar-refractivity contribution is 6.06. The molecule has 7 heteroatoms. The van der Waals surface area contributed by atoms with Gasteiger partial charge >= 0.3 is 6.09 Å². The van der Waals surface area contributed by atoms with Crippen LogP contribution >= 0.6 is 0 Å². The zero-order valence-corrected chi connectivity index (χ0v) is 19.8. The molecule has 4 aromatic rings. The van der Waals surface area contributed by atoms with Crippen molar-refractivity contribution in [1.82, 2.24) is 25.1 Å². The summed E-state index contributed by atoms with van der Waals surface area (Å²) in [7, 11) is 2.00. The Kier molecular flexibility index (Phi) is 5.23. The van der Waals surface area contributed by atoms with Gasteiger partial charge in [0.25, 0.3) is 0 Å². The summed E-state index contributed by atoms with van der Waals surface area (Å²) in [5.74, 6) is 0. The number of aromatic amines is 1. The standard InChI is InChI=1S/C25H31N5O2/c1-8-18-19-21-16(14-27-30(21)7)13-26-22(19)28-20(18)15-9-11-17(12-10-15)25(5,6)29-23(31)32-24(2,3)4/h9-14,27H,8H2,1-7H3,(H,29,31). The maximum atomic E-state index is 12.3. The van der Waals surface area contributed by atoms with Crippen LogP contribution in [0.1, 0.15) is 52.7 Å². The number of aromatic nitrogens is 4. The largest absolute Gasteiger partial charge is 0.444 e. The number of H-pyrrole nitrogens is 1. The summed E-state index contributed by atoms with van der Waals surface area (Å²) in [5.41, 5.74) is 4.91. The number of carbonyl (C=O) groups excluding carboxylic acids is 1. The van der Waals surface area contributed by atoms with E-state index in [0.29, 0.717) is 0 Å². The van der Waals surface area contributed by atoms with E-state index in [1.807, 2.05) is 70.9 Å². The SMILES string of the molecule is CCc1c(-c2ccc(C(C)(C)NC(=O)OC(C)(C)C)cc2)nc2ncc3c[nH]n(C)c3c12. The van der Waals surface area contributed by atoms with Crippen LogP contribution in [0.5, 0.6) is 0 Å². The molecule has 0 aliphatic carbocycles. The van der Waals surface area contributed by atoms with Crippen molar-refractivity contribution in [2.75, 3.05) is 0 Å². The van der Waals surface area contributed by atoms with Gasteiger partial charge in [0.2, 0.25) is 0 Å². The Morgan fingerprint density at radius 2 is 1.84 bits per heavy atom. The van der Waals surface area contributed by atoms with Gasteiger partial charge in [-0.1, -0.05) is 31.2 Å². The first-order valence-corrected chi connectivity index (χ1v) is 10.9. The Labute approximate surface area is 188 Å². The number of nitrogens with one attached hydrogen (secondary N) is 2. The summed E-state index contributed by atoms with van der Waals surface area (Å²) in [6.45, 7) is 11.6. The predicted molar refractivity (Wildman–Crippen MR) is 128 cm³/mol. The molecule has 3 aromatic heterocycles. The fourth-order valence-electron chi connectivity index (χ4n) is 4.12. The fourth-order valence-corrected chi connectivity index (χ4v) is 4.12. The Balaban J connectivity index is 1.69. The number of fused-ring (bicyclic) bond motifs is 3. The van der Waals surface area contributed by atoms with Crippen LogP contribution < -0.4 is 5.32 Å². The first kappa shape index (κ1) is 21.9. The Morgan fingerprint density at radius 1 is 1.16 bits per heavy atom. The second-order valence-corrected chi connectivity index (χ2v) is 9.71. The quantitative estimate of drug-likeness (QED) is 0.449. The van der Waals surface area contributed by atoms with Crippen molar-refractivity contribution in [3.05, 3.63) is 47.8 Å². The van der Waals surface area contributed by atoms with Gasteiger partial charge < -0.3 is 15.2 Å². The van der Waals surface area contributed by atoms with Crippen molar-refractivity contribution < 1.29 is 9.53 Å². The first-order valence-electron chi connectivity index (χ1n) is 10.9. The van der Waals surface area contributed by atoms with Crippen LogP contribution in [0.15, 0.2) is 36.7 Å². The van der Waals surface area contributed by atoms with E-state index in [1.165, 1.54) is 5.56 Å². The number of carbonyl (C=O) groups is 1. The summed E-state index contributed by atoms with van der Waals surface area (Å²) >= 11 is 0. The zero-order chi connectivity index (χ0) is 23.3. The van der Waals surface area contributed by atoms with E-state index in [0.717, 1.165) is 45.2 Å². The molecule has 168 valence electrons. The molecule has 0 saturated carbocycles. The van der Waals surface area contributed by atoms with Crippen LogP contribution in [0.4, 0.5) is 4.79 Å². The molecular formula is C25H31N5O2. The molecule has 1 amide bonds. The molecule has 4 rings (SSSR count). The molecule has 0 radical (unpaired) electrons. The van der Waals surface area contributed by atoms with Crippen LogP contribution in [0.3, 0.4) is 0 Å². The van der Waals surface area contributed by atoms with E-state index < -0.39 is 17.2 Å². The van der Waals surface area contributed by atoms with Gasteiger partial charge in [-0.05, 0) is 52.2 Å². The number of hydrogen-bond donors (Lipinski definition) is 2.